The van der Waals surface area contributed by atoms with Gasteiger partial charge in [0.2, 0.25) is 0 Å². The van der Waals surface area contributed by atoms with Gasteiger partial charge >= 0.3 is 5.91 Å². The number of amides is 1. The number of carbonyl (C=O) groups excluding carboxylic acids is 2. The van der Waals surface area contributed by atoms with E-state index >= 15 is 0 Å². The van der Waals surface area contributed by atoms with E-state index in [2.05, 4.69) is 37.6 Å². The number of pyridine rings is 1. The van der Waals surface area contributed by atoms with Crippen molar-refractivity contribution in [3.05, 3.63) is 29.5 Å². The van der Waals surface area contributed by atoms with Crippen LogP contribution in [0.2, 0.25) is 0 Å². The summed E-state index contributed by atoms with van der Waals surface area (Å²) in [5.41, 5.74) is 0.985. The summed E-state index contributed by atoms with van der Waals surface area (Å²) >= 11 is 0. The van der Waals surface area contributed by atoms with Gasteiger partial charge in [0, 0.05) is 56.0 Å². The third-order valence-electron chi connectivity index (χ3n) is 6.45. The van der Waals surface area contributed by atoms with Gasteiger partial charge in [0.05, 0.1) is 31.0 Å². The number of rotatable bonds is 5. The second kappa shape index (κ2) is 8.89. The van der Waals surface area contributed by atoms with Crippen molar-refractivity contribution in [2.75, 3.05) is 56.2 Å². The molecule has 2 aromatic heterocycles. The van der Waals surface area contributed by atoms with Crippen LogP contribution >= 0.6 is 0 Å². The number of H-pyrrole nitrogens is 1. The summed E-state index contributed by atoms with van der Waals surface area (Å²) in [5, 5.41) is 21.0. The fraction of sp³-hybridized carbons (Fsp3) is 0.435. The lowest BCUT2D eigenvalue weighted by atomic mass is 9.74. The fourth-order valence-corrected chi connectivity index (χ4v) is 4.48. The van der Waals surface area contributed by atoms with Crippen molar-refractivity contribution in [2.45, 2.75) is 13.0 Å². The van der Waals surface area contributed by atoms with E-state index in [1.165, 1.54) is 0 Å². The maximum Gasteiger partial charge on any atom is 0.303 e. The van der Waals surface area contributed by atoms with Gasteiger partial charge in [-0.1, -0.05) is 5.92 Å². The lowest BCUT2D eigenvalue weighted by molar-refractivity contribution is -0.153. The summed E-state index contributed by atoms with van der Waals surface area (Å²) in [6.45, 7) is 6.77. The SMILES string of the molecule is C[C@@H]1COCCN1c1cc(C#CC(=O)C(=O)N2CC3(CNC3)C2)c(C=N)c(Nc2ccn[nH]2)n1. The summed E-state index contributed by atoms with van der Waals surface area (Å²) in [5.74, 6) is 5.66. The third-order valence-corrected chi connectivity index (χ3v) is 6.45. The number of aromatic amines is 1. The van der Waals surface area contributed by atoms with E-state index in [1.807, 2.05) is 6.92 Å². The number of nitrogens with zero attached hydrogens (tertiary/aromatic N) is 4. The standard InChI is InChI=1S/C23H26N8O3/c1-15-10-34-7-6-31(15)20-8-16(17(9-24)21(28-20)27-19-4-5-26-29-19)2-3-18(32)22(33)30-13-23(14-30)11-25-12-23/h4-5,8-9,15,24-25H,6-7,10-14H2,1H3,(H2,26,27,28,29)/t15-/m1/s1. The van der Waals surface area contributed by atoms with Crippen LogP contribution in [0.3, 0.4) is 0 Å². The molecule has 0 bridgehead atoms. The van der Waals surface area contributed by atoms with Crippen molar-refractivity contribution in [2.24, 2.45) is 5.41 Å². The van der Waals surface area contributed by atoms with Crippen molar-refractivity contribution in [3.63, 3.8) is 0 Å². The van der Waals surface area contributed by atoms with Crippen LogP contribution in [-0.4, -0.2) is 90.0 Å². The summed E-state index contributed by atoms with van der Waals surface area (Å²) in [6.07, 6.45) is 2.74. The Labute approximate surface area is 196 Å². The van der Waals surface area contributed by atoms with Gasteiger partial charge in [0.25, 0.3) is 5.78 Å². The van der Waals surface area contributed by atoms with E-state index in [9.17, 15) is 9.59 Å². The van der Waals surface area contributed by atoms with Crippen molar-refractivity contribution < 1.29 is 14.3 Å². The Kier molecular flexibility index (Phi) is 5.77. The molecule has 11 heteroatoms. The molecule has 4 N–H and O–H groups in total. The van der Waals surface area contributed by atoms with Crippen LogP contribution in [-0.2, 0) is 14.3 Å². The molecule has 3 saturated heterocycles. The van der Waals surface area contributed by atoms with Crippen LogP contribution in [0, 0.1) is 22.7 Å². The Morgan fingerprint density at radius 3 is 2.85 bits per heavy atom. The molecule has 1 spiro atoms. The number of nitrogens with one attached hydrogen (secondary N) is 4. The first-order chi connectivity index (χ1) is 16.5. The Balaban J connectivity index is 1.44. The van der Waals surface area contributed by atoms with Gasteiger partial charge in [-0.2, -0.15) is 5.10 Å². The number of hydrogen-bond donors (Lipinski definition) is 4. The van der Waals surface area contributed by atoms with Crippen LogP contribution in [0.1, 0.15) is 18.1 Å². The molecule has 5 heterocycles. The molecule has 0 saturated carbocycles. The van der Waals surface area contributed by atoms with Gasteiger partial charge < -0.3 is 30.6 Å². The number of anilines is 3. The predicted molar refractivity (Wildman–Crippen MR) is 125 cm³/mol. The molecule has 2 aromatic rings. The summed E-state index contributed by atoms with van der Waals surface area (Å²) < 4.78 is 5.54. The number of hydrogen-bond acceptors (Lipinski definition) is 9. The van der Waals surface area contributed by atoms with E-state index in [-0.39, 0.29) is 11.5 Å². The Bertz CT molecular complexity index is 1170. The van der Waals surface area contributed by atoms with Crippen molar-refractivity contribution in [1.82, 2.24) is 25.4 Å². The smallest absolute Gasteiger partial charge is 0.303 e. The number of aromatic nitrogens is 3. The zero-order valence-electron chi connectivity index (χ0n) is 18.9. The van der Waals surface area contributed by atoms with Gasteiger partial charge in [-0.15, -0.1) is 0 Å². The second-order valence-corrected chi connectivity index (χ2v) is 8.99. The highest BCUT2D eigenvalue weighted by Crippen LogP contribution is 2.34. The third kappa shape index (κ3) is 4.13. The summed E-state index contributed by atoms with van der Waals surface area (Å²) in [7, 11) is 0. The van der Waals surface area contributed by atoms with E-state index in [0.717, 1.165) is 19.3 Å². The Hall–Kier alpha value is -3.75. The molecular weight excluding hydrogens is 436 g/mol. The monoisotopic (exact) mass is 462 g/mol. The van der Waals surface area contributed by atoms with Gasteiger partial charge in [-0.05, 0) is 18.9 Å². The molecule has 0 radical (unpaired) electrons. The number of carbonyl (C=O) groups is 2. The molecule has 11 nitrogen and oxygen atoms in total. The van der Waals surface area contributed by atoms with E-state index in [0.29, 0.717) is 61.4 Å². The zero-order chi connectivity index (χ0) is 23.7. The normalized spacial score (nSPS) is 20.6. The second-order valence-electron chi connectivity index (χ2n) is 8.99. The zero-order valence-corrected chi connectivity index (χ0v) is 18.9. The molecule has 1 atom stereocenters. The average molecular weight is 463 g/mol. The van der Waals surface area contributed by atoms with Crippen molar-refractivity contribution in [1.29, 1.82) is 5.41 Å². The maximum absolute atomic E-state index is 12.5. The quantitative estimate of drug-likeness (QED) is 0.279. The van der Waals surface area contributed by atoms with Gasteiger partial charge in [-0.3, -0.25) is 14.7 Å². The van der Waals surface area contributed by atoms with Gasteiger partial charge in [0.15, 0.2) is 0 Å². The molecule has 0 unspecified atom stereocenters. The molecule has 3 aliphatic rings. The summed E-state index contributed by atoms with van der Waals surface area (Å²) in [4.78, 5) is 33.4. The van der Waals surface area contributed by atoms with Crippen molar-refractivity contribution >= 4 is 35.4 Å². The number of likely N-dealkylation sites (tertiary alicyclic amines) is 1. The fourth-order valence-electron chi connectivity index (χ4n) is 4.48. The number of ether oxygens (including phenoxy) is 1. The minimum Gasteiger partial charge on any atom is -0.377 e. The average Bonchev–Trinajstić information content (AvgIpc) is 3.28. The minimum absolute atomic E-state index is 0.0934. The number of Topliss-reactive ketones (excluding diaryl/α,β-unsaturated/α-hetero) is 1. The molecule has 176 valence electrons. The van der Waals surface area contributed by atoms with E-state index < -0.39 is 11.7 Å². The van der Waals surface area contributed by atoms with Crippen LogP contribution in [0.4, 0.5) is 17.5 Å². The number of morpholine rings is 1. The topological polar surface area (TPSA) is 139 Å². The molecule has 0 aliphatic carbocycles. The lowest BCUT2D eigenvalue weighted by Crippen LogP contribution is -2.72. The molecule has 34 heavy (non-hydrogen) atoms. The maximum atomic E-state index is 12.5. The van der Waals surface area contributed by atoms with Crippen molar-refractivity contribution in [3.8, 4) is 11.8 Å². The van der Waals surface area contributed by atoms with E-state index in [1.54, 1.807) is 23.2 Å². The number of ketones is 1. The predicted octanol–water partition coefficient (Wildman–Crippen LogP) is 0.123. The summed E-state index contributed by atoms with van der Waals surface area (Å²) in [6, 6.07) is 3.59. The largest absolute Gasteiger partial charge is 0.377 e. The molecular formula is C23H26N8O3. The van der Waals surface area contributed by atoms with Crippen LogP contribution in [0.15, 0.2) is 18.3 Å². The van der Waals surface area contributed by atoms with Crippen LogP contribution in [0.25, 0.3) is 0 Å². The van der Waals surface area contributed by atoms with Gasteiger partial charge in [-0.25, -0.2) is 4.98 Å². The molecule has 0 aromatic carbocycles. The highest BCUT2D eigenvalue weighted by molar-refractivity contribution is 6.43. The molecule has 1 amide bonds. The van der Waals surface area contributed by atoms with Crippen LogP contribution in [0.5, 0.6) is 0 Å². The Morgan fingerprint density at radius 1 is 1.38 bits per heavy atom. The lowest BCUT2D eigenvalue weighted by Gasteiger charge is -2.55. The minimum atomic E-state index is -0.751. The molecule has 3 aliphatic heterocycles. The first-order valence-corrected chi connectivity index (χ1v) is 11.2. The first-order valence-electron chi connectivity index (χ1n) is 11.2. The van der Waals surface area contributed by atoms with Gasteiger partial charge in [0.1, 0.15) is 17.5 Å². The van der Waals surface area contributed by atoms with E-state index in [4.69, 9.17) is 15.1 Å². The Morgan fingerprint density at radius 2 is 2.21 bits per heavy atom. The van der Waals surface area contributed by atoms with Crippen LogP contribution < -0.4 is 15.5 Å². The molecule has 3 fully saturated rings. The highest BCUT2D eigenvalue weighted by Gasteiger charge is 2.50. The highest BCUT2D eigenvalue weighted by atomic mass is 16.5. The first kappa shape index (κ1) is 22.1. The molecule has 5 rings (SSSR count).